The second-order valence-corrected chi connectivity index (χ2v) is 7.35. The minimum atomic E-state index is -5.57. The zero-order chi connectivity index (χ0) is 20.4. The maximum absolute atomic E-state index is 13.5. The van der Waals surface area contributed by atoms with Gasteiger partial charge >= 0.3 is 5.51 Å². The molecule has 0 amide bonds. The Labute approximate surface area is 153 Å². The fraction of sp³-hybridized carbons (Fsp3) is 0.167. The fourth-order valence-corrected chi connectivity index (χ4v) is 3.35. The van der Waals surface area contributed by atoms with Crippen LogP contribution < -0.4 is 4.74 Å². The molecule has 27 heavy (non-hydrogen) atoms. The zero-order valence-electron chi connectivity index (χ0n) is 14.1. The number of benzene rings is 2. The van der Waals surface area contributed by atoms with Crippen molar-refractivity contribution in [3.63, 3.8) is 0 Å². The van der Waals surface area contributed by atoms with Gasteiger partial charge in [0.25, 0.3) is 9.84 Å². The summed E-state index contributed by atoms with van der Waals surface area (Å²) in [6.07, 6.45) is 2.60. The summed E-state index contributed by atoms with van der Waals surface area (Å²) in [6.45, 7) is 2.90. The summed E-state index contributed by atoms with van der Waals surface area (Å²) in [5.41, 5.74) is -5.54. The number of sulfone groups is 1. The molecular formula is C18H13F4NO3S. The lowest BCUT2D eigenvalue weighted by atomic mass is 10.1. The third-order valence-corrected chi connectivity index (χ3v) is 5.13. The van der Waals surface area contributed by atoms with Crippen LogP contribution in [0, 0.1) is 24.1 Å². The molecule has 0 heterocycles. The van der Waals surface area contributed by atoms with Crippen LogP contribution in [0.5, 0.6) is 11.5 Å². The van der Waals surface area contributed by atoms with E-state index in [-0.39, 0.29) is 28.2 Å². The molecule has 0 N–H and O–H groups in total. The van der Waals surface area contributed by atoms with Crippen LogP contribution in [0.25, 0.3) is 6.08 Å². The van der Waals surface area contributed by atoms with E-state index < -0.39 is 26.1 Å². The Morgan fingerprint density at radius 2 is 1.85 bits per heavy atom. The Hall–Kier alpha value is -2.86. The minimum absolute atomic E-state index is 0.00685. The van der Waals surface area contributed by atoms with E-state index >= 15 is 0 Å². The molecule has 0 saturated carbocycles. The highest BCUT2D eigenvalue weighted by atomic mass is 32.2. The Morgan fingerprint density at radius 1 is 1.19 bits per heavy atom. The quantitative estimate of drug-likeness (QED) is 0.669. The van der Waals surface area contributed by atoms with Crippen LogP contribution in [0.15, 0.2) is 41.3 Å². The van der Waals surface area contributed by atoms with Crippen molar-refractivity contribution >= 4 is 15.9 Å². The van der Waals surface area contributed by atoms with Crippen LogP contribution in [0.2, 0.25) is 0 Å². The summed E-state index contributed by atoms with van der Waals surface area (Å²) in [6, 6.07) is 6.82. The molecular weight excluding hydrogens is 386 g/mol. The van der Waals surface area contributed by atoms with Crippen molar-refractivity contribution in [2.45, 2.75) is 24.3 Å². The van der Waals surface area contributed by atoms with Crippen molar-refractivity contribution in [2.75, 3.05) is 0 Å². The number of hydrogen-bond donors (Lipinski definition) is 0. The molecule has 0 aromatic heterocycles. The molecule has 0 saturated heterocycles. The van der Waals surface area contributed by atoms with E-state index in [0.717, 1.165) is 24.3 Å². The average molecular weight is 399 g/mol. The highest BCUT2D eigenvalue weighted by Crippen LogP contribution is 2.37. The summed E-state index contributed by atoms with van der Waals surface area (Å²) < 4.78 is 81.4. The lowest BCUT2D eigenvalue weighted by Crippen LogP contribution is -2.24. The number of hydrogen-bond acceptors (Lipinski definition) is 4. The topological polar surface area (TPSA) is 67.2 Å². The zero-order valence-corrected chi connectivity index (χ0v) is 15.0. The lowest BCUT2D eigenvalue weighted by molar-refractivity contribution is -0.0436. The standard InChI is InChI=1S/C18H13F4NO3S/c1-3-4-15-11(2)16(5-6-17(15)27(24,25)18(20,21)22)26-14-8-12(10-23)7-13(19)9-14/h3-9H,1-2H3/b4-3+. The second kappa shape index (κ2) is 7.40. The van der Waals surface area contributed by atoms with Gasteiger partial charge in [0.15, 0.2) is 0 Å². The number of nitriles is 1. The van der Waals surface area contributed by atoms with Gasteiger partial charge in [0.2, 0.25) is 0 Å². The van der Waals surface area contributed by atoms with Crippen molar-refractivity contribution in [1.82, 2.24) is 0 Å². The fourth-order valence-electron chi connectivity index (χ4n) is 2.34. The van der Waals surface area contributed by atoms with Crippen LogP contribution in [-0.4, -0.2) is 13.9 Å². The molecule has 0 aliphatic carbocycles. The van der Waals surface area contributed by atoms with Gasteiger partial charge in [-0.3, -0.25) is 0 Å². The summed E-state index contributed by atoms with van der Waals surface area (Å²) in [5, 5.41) is 8.87. The molecule has 0 aliphatic heterocycles. The van der Waals surface area contributed by atoms with Crippen LogP contribution in [-0.2, 0) is 9.84 Å². The van der Waals surface area contributed by atoms with Gasteiger partial charge in [0, 0.05) is 11.6 Å². The molecule has 4 nitrogen and oxygen atoms in total. The highest BCUT2D eigenvalue weighted by Gasteiger charge is 2.48. The van der Waals surface area contributed by atoms with Crippen molar-refractivity contribution in [3.8, 4) is 17.6 Å². The molecule has 0 spiro atoms. The molecule has 0 fully saturated rings. The third-order valence-electron chi connectivity index (χ3n) is 3.58. The highest BCUT2D eigenvalue weighted by molar-refractivity contribution is 7.92. The van der Waals surface area contributed by atoms with E-state index in [4.69, 9.17) is 10.00 Å². The number of alkyl halides is 3. The van der Waals surface area contributed by atoms with E-state index in [2.05, 4.69) is 0 Å². The van der Waals surface area contributed by atoms with Crippen molar-refractivity contribution in [2.24, 2.45) is 0 Å². The Balaban J connectivity index is 2.61. The summed E-state index contributed by atoms with van der Waals surface area (Å²) >= 11 is 0. The van der Waals surface area contributed by atoms with Gasteiger partial charge in [-0.05, 0) is 43.7 Å². The lowest BCUT2D eigenvalue weighted by Gasteiger charge is -2.16. The first-order valence-corrected chi connectivity index (χ1v) is 8.95. The molecule has 2 aromatic rings. The molecule has 2 rings (SSSR count). The van der Waals surface area contributed by atoms with Crippen LogP contribution in [0.4, 0.5) is 17.6 Å². The number of nitrogens with zero attached hydrogens (tertiary/aromatic N) is 1. The molecule has 0 unspecified atom stereocenters. The van der Waals surface area contributed by atoms with E-state index in [9.17, 15) is 26.0 Å². The summed E-state index contributed by atoms with van der Waals surface area (Å²) in [7, 11) is -5.57. The first-order valence-electron chi connectivity index (χ1n) is 7.47. The maximum atomic E-state index is 13.5. The van der Waals surface area contributed by atoms with E-state index in [1.165, 1.54) is 32.1 Å². The van der Waals surface area contributed by atoms with Crippen molar-refractivity contribution in [1.29, 1.82) is 5.26 Å². The van der Waals surface area contributed by atoms with Crippen LogP contribution in [0.3, 0.4) is 0 Å². The van der Waals surface area contributed by atoms with Gasteiger partial charge in [0.05, 0.1) is 16.5 Å². The van der Waals surface area contributed by atoms with E-state index in [1.807, 2.05) is 0 Å². The van der Waals surface area contributed by atoms with Gasteiger partial charge < -0.3 is 4.74 Å². The minimum Gasteiger partial charge on any atom is -0.457 e. The molecule has 2 aromatic carbocycles. The third kappa shape index (κ3) is 4.11. The Morgan fingerprint density at radius 3 is 2.41 bits per heavy atom. The Bertz CT molecular complexity index is 1050. The summed E-state index contributed by atoms with van der Waals surface area (Å²) in [4.78, 5) is -0.907. The van der Waals surface area contributed by atoms with E-state index in [1.54, 1.807) is 6.07 Å². The van der Waals surface area contributed by atoms with Gasteiger partial charge in [-0.2, -0.15) is 18.4 Å². The van der Waals surface area contributed by atoms with Gasteiger partial charge in [0.1, 0.15) is 17.3 Å². The van der Waals surface area contributed by atoms with Crippen molar-refractivity contribution < 1.29 is 30.7 Å². The first-order chi connectivity index (χ1) is 12.5. The summed E-state index contributed by atoms with van der Waals surface area (Å²) in [5.74, 6) is -0.752. The number of halogens is 4. The van der Waals surface area contributed by atoms with Crippen LogP contribution in [0.1, 0.15) is 23.6 Å². The van der Waals surface area contributed by atoms with E-state index in [0.29, 0.717) is 0 Å². The molecule has 0 bridgehead atoms. The normalized spacial score (nSPS) is 12.2. The smallest absolute Gasteiger partial charge is 0.457 e. The average Bonchev–Trinajstić information content (AvgIpc) is 2.56. The molecule has 0 aliphatic rings. The number of allylic oxidation sites excluding steroid dienone is 1. The second-order valence-electron chi connectivity index (χ2n) is 5.44. The van der Waals surface area contributed by atoms with Gasteiger partial charge in [-0.15, -0.1) is 0 Å². The predicted molar refractivity (Wildman–Crippen MR) is 90.3 cm³/mol. The molecule has 142 valence electrons. The number of rotatable bonds is 4. The molecule has 0 atom stereocenters. The Kier molecular flexibility index (Phi) is 5.61. The molecule has 0 radical (unpaired) electrons. The predicted octanol–water partition coefficient (Wildman–Crippen LogP) is 5.12. The maximum Gasteiger partial charge on any atom is 0.501 e. The van der Waals surface area contributed by atoms with Gasteiger partial charge in [-0.25, -0.2) is 12.8 Å². The first kappa shape index (κ1) is 20.5. The largest absolute Gasteiger partial charge is 0.501 e. The van der Waals surface area contributed by atoms with Gasteiger partial charge in [-0.1, -0.05) is 12.2 Å². The SMILES string of the molecule is C/C=C/c1c(S(=O)(=O)C(F)(F)F)ccc(Oc2cc(F)cc(C#N)c2)c1C. The monoisotopic (exact) mass is 399 g/mol. The van der Waals surface area contributed by atoms with Crippen LogP contribution >= 0.6 is 0 Å². The molecule has 9 heteroatoms. The van der Waals surface area contributed by atoms with Crippen molar-refractivity contribution in [3.05, 3.63) is 58.9 Å². The number of ether oxygens (including phenoxy) is 1.